The zero-order valence-corrected chi connectivity index (χ0v) is 10.2. The lowest BCUT2D eigenvalue weighted by atomic mass is 10.1. The van der Waals surface area contributed by atoms with Gasteiger partial charge < -0.3 is 10.1 Å². The molecule has 0 aromatic heterocycles. The van der Waals surface area contributed by atoms with Crippen LogP contribution in [-0.2, 0) is 4.74 Å². The molecule has 1 heterocycles. The van der Waals surface area contributed by atoms with E-state index in [4.69, 9.17) is 4.74 Å². The molecular formula is C13H25NO. The standard InChI is InChI=1S/C13H25NO/c1-3-14-10-4-6-12(2)8-9-13-7-5-11-15-13/h6,13-14H,3-5,7-11H2,1-2H3. The van der Waals surface area contributed by atoms with Gasteiger partial charge in [0, 0.05) is 6.61 Å². The van der Waals surface area contributed by atoms with E-state index in [-0.39, 0.29) is 0 Å². The summed E-state index contributed by atoms with van der Waals surface area (Å²) in [5.41, 5.74) is 1.52. The highest BCUT2D eigenvalue weighted by atomic mass is 16.5. The van der Waals surface area contributed by atoms with Crippen molar-refractivity contribution in [3.05, 3.63) is 11.6 Å². The van der Waals surface area contributed by atoms with Gasteiger partial charge in [0.15, 0.2) is 0 Å². The maximum absolute atomic E-state index is 5.61. The monoisotopic (exact) mass is 211 g/mol. The first kappa shape index (κ1) is 12.7. The molecule has 1 rings (SSSR count). The molecule has 0 aliphatic carbocycles. The second-order valence-corrected chi connectivity index (χ2v) is 4.37. The largest absolute Gasteiger partial charge is 0.378 e. The summed E-state index contributed by atoms with van der Waals surface area (Å²) in [6.45, 7) is 7.54. The minimum atomic E-state index is 0.544. The molecule has 0 aromatic rings. The Morgan fingerprint density at radius 1 is 1.53 bits per heavy atom. The van der Waals surface area contributed by atoms with Crippen molar-refractivity contribution >= 4 is 0 Å². The van der Waals surface area contributed by atoms with Crippen LogP contribution >= 0.6 is 0 Å². The molecule has 0 saturated carbocycles. The van der Waals surface area contributed by atoms with Crippen LogP contribution in [0.1, 0.15) is 46.0 Å². The molecule has 1 saturated heterocycles. The number of rotatable bonds is 7. The van der Waals surface area contributed by atoms with Crippen molar-refractivity contribution in [2.45, 2.75) is 52.1 Å². The van der Waals surface area contributed by atoms with Crippen molar-refractivity contribution in [2.24, 2.45) is 0 Å². The Morgan fingerprint density at radius 2 is 2.40 bits per heavy atom. The fourth-order valence-corrected chi connectivity index (χ4v) is 1.96. The quantitative estimate of drug-likeness (QED) is 0.516. The van der Waals surface area contributed by atoms with Crippen molar-refractivity contribution < 1.29 is 4.74 Å². The van der Waals surface area contributed by atoms with E-state index >= 15 is 0 Å². The van der Waals surface area contributed by atoms with Crippen LogP contribution in [-0.4, -0.2) is 25.8 Å². The average Bonchev–Trinajstić information content (AvgIpc) is 2.74. The third-order valence-corrected chi connectivity index (χ3v) is 2.95. The van der Waals surface area contributed by atoms with E-state index in [9.17, 15) is 0 Å². The summed E-state index contributed by atoms with van der Waals surface area (Å²) in [7, 11) is 0. The topological polar surface area (TPSA) is 21.3 Å². The van der Waals surface area contributed by atoms with Gasteiger partial charge >= 0.3 is 0 Å². The molecule has 0 bridgehead atoms. The molecule has 0 aromatic carbocycles. The van der Waals surface area contributed by atoms with Gasteiger partial charge in [0.2, 0.25) is 0 Å². The van der Waals surface area contributed by atoms with E-state index < -0.39 is 0 Å². The Hall–Kier alpha value is -0.340. The van der Waals surface area contributed by atoms with Crippen LogP contribution in [0.25, 0.3) is 0 Å². The zero-order valence-electron chi connectivity index (χ0n) is 10.2. The fraction of sp³-hybridized carbons (Fsp3) is 0.846. The van der Waals surface area contributed by atoms with Gasteiger partial charge in [-0.25, -0.2) is 0 Å². The summed E-state index contributed by atoms with van der Waals surface area (Å²) in [4.78, 5) is 0. The highest BCUT2D eigenvalue weighted by Crippen LogP contribution is 2.19. The molecule has 1 atom stereocenters. The van der Waals surface area contributed by atoms with Crippen LogP contribution < -0.4 is 5.32 Å². The number of hydrogen-bond donors (Lipinski definition) is 1. The second kappa shape index (κ2) is 7.89. The summed E-state index contributed by atoms with van der Waals surface area (Å²) < 4.78 is 5.61. The van der Waals surface area contributed by atoms with Crippen LogP contribution in [0.2, 0.25) is 0 Å². The average molecular weight is 211 g/mol. The molecule has 1 unspecified atom stereocenters. The van der Waals surface area contributed by atoms with Gasteiger partial charge in [-0.3, -0.25) is 0 Å². The molecule has 1 aliphatic rings. The predicted octanol–water partition coefficient (Wildman–Crippen LogP) is 2.89. The lowest BCUT2D eigenvalue weighted by molar-refractivity contribution is 0.104. The molecular weight excluding hydrogens is 186 g/mol. The molecule has 2 heteroatoms. The van der Waals surface area contributed by atoms with Crippen LogP contribution in [0.5, 0.6) is 0 Å². The third kappa shape index (κ3) is 5.95. The summed E-state index contributed by atoms with van der Waals surface area (Å²) in [6, 6.07) is 0. The highest BCUT2D eigenvalue weighted by molar-refractivity contribution is 4.98. The summed E-state index contributed by atoms with van der Waals surface area (Å²) in [5, 5.41) is 3.33. The normalized spacial score (nSPS) is 22.3. The van der Waals surface area contributed by atoms with Crippen molar-refractivity contribution in [1.29, 1.82) is 0 Å². The Balaban J connectivity index is 2.03. The molecule has 15 heavy (non-hydrogen) atoms. The zero-order chi connectivity index (χ0) is 10.9. The van der Waals surface area contributed by atoms with Crippen molar-refractivity contribution in [3.8, 4) is 0 Å². The van der Waals surface area contributed by atoms with Gasteiger partial charge in [-0.05, 0) is 52.1 Å². The van der Waals surface area contributed by atoms with Crippen LogP contribution in [0.4, 0.5) is 0 Å². The van der Waals surface area contributed by atoms with Crippen LogP contribution in [0.15, 0.2) is 11.6 Å². The van der Waals surface area contributed by atoms with Crippen molar-refractivity contribution in [1.82, 2.24) is 5.32 Å². The molecule has 0 radical (unpaired) electrons. The number of ether oxygens (including phenoxy) is 1. The van der Waals surface area contributed by atoms with Crippen LogP contribution in [0.3, 0.4) is 0 Å². The van der Waals surface area contributed by atoms with Gasteiger partial charge in [-0.15, -0.1) is 0 Å². The van der Waals surface area contributed by atoms with Crippen LogP contribution in [0, 0.1) is 0 Å². The maximum Gasteiger partial charge on any atom is 0.0579 e. The van der Waals surface area contributed by atoms with E-state index in [0.29, 0.717) is 6.10 Å². The van der Waals surface area contributed by atoms with Gasteiger partial charge in [0.05, 0.1) is 6.10 Å². The Bertz CT molecular complexity index is 183. The first-order valence-corrected chi connectivity index (χ1v) is 6.31. The first-order valence-electron chi connectivity index (χ1n) is 6.31. The summed E-state index contributed by atoms with van der Waals surface area (Å²) >= 11 is 0. The van der Waals surface area contributed by atoms with E-state index in [2.05, 4.69) is 25.2 Å². The van der Waals surface area contributed by atoms with Crippen molar-refractivity contribution in [2.75, 3.05) is 19.7 Å². The number of hydrogen-bond acceptors (Lipinski definition) is 2. The lowest BCUT2D eigenvalue weighted by Crippen LogP contribution is -2.13. The fourth-order valence-electron chi connectivity index (χ4n) is 1.96. The Morgan fingerprint density at radius 3 is 3.07 bits per heavy atom. The highest BCUT2D eigenvalue weighted by Gasteiger charge is 2.14. The van der Waals surface area contributed by atoms with E-state index in [0.717, 1.165) is 26.1 Å². The van der Waals surface area contributed by atoms with Gasteiger partial charge in [0.1, 0.15) is 0 Å². The Labute approximate surface area is 94.1 Å². The molecule has 1 fully saturated rings. The smallest absolute Gasteiger partial charge is 0.0579 e. The molecule has 1 aliphatic heterocycles. The van der Waals surface area contributed by atoms with E-state index in [1.165, 1.54) is 31.3 Å². The molecule has 2 nitrogen and oxygen atoms in total. The SMILES string of the molecule is CCNCCC=C(C)CCC1CCCO1. The third-order valence-electron chi connectivity index (χ3n) is 2.95. The minimum Gasteiger partial charge on any atom is -0.378 e. The molecule has 88 valence electrons. The molecule has 1 N–H and O–H groups in total. The molecule has 0 spiro atoms. The van der Waals surface area contributed by atoms with Gasteiger partial charge in [-0.1, -0.05) is 18.6 Å². The summed E-state index contributed by atoms with van der Waals surface area (Å²) in [6.07, 6.45) is 9.00. The van der Waals surface area contributed by atoms with Gasteiger partial charge in [-0.2, -0.15) is 0 Å². The lowest BCUT2D eigenvalue weighted by Gasteiger charge is -2.08. The minimum absolute atomic E-state index is 0.544. The van der Waals surface area contributed by atoms with Crippen molar-refractivity contribution in [3.63, 3.8) is 0 Å². The maximum atomic E-state index is 5.61. The molecule has 0 amide bonds. The first-order chi connectivity index (χ1) is 7.33. The summed E-state index contributed by atoms with van der Waals surface area (Å²) in [5.74, 6) is 0. The van der Waals surface area contributed by atoms with E-state index in [1.54, 1.807) is 0 Å². The Kier molecular flexibility index (Phi) is 6.69. The predicted molar refractivity (Wildman–Crippen MR) is 65.1 cm³/mol. The number of nitrogens with one attached hydrogen (secondary N) is 1. The van der Waals surface area contributed by atoms with Gasteiger partial charge in [0.25, 0.3) is 0 Å². The van der Waals surface area contributed by atoms with E-state index in [1.807, 2.05) is 0 Å². The second-order valence-electron chi connectivity index (χ2n) is 4.37. The number of allylic oxidation sites excluding steroid dienone is 1.